The summed E-state index contributed by atoms with van der Waals surface area (Å²) in [4.78, 5) is 14.7. The maximum atomic E-state index is 10.9. The second-order valence-corrected chi connectivity index (χ2v) is 3.77. The number of pyridine rings is 1. The van der Waals surface area contributed by atoms with Gasteiger partial charge in [-0.1, -0.05) is 22.0 Å². The van der Waals surface area contributed by atoms with Gasteiger partial charge in [0, 0.05) is 27.6 Å². The molecule has 4 heteroatoms. The van der Waals surface area contributed by atoms with Gasteiger partial charge >= 0.3 is 5.97 Å². The van der Waals surface area contributed by atoms with E-state index in [0.29, 0.717) is 5.39 Å². The summed E-state index contributed by atoms with van der Waals surface area (Å²) >= 11 is 3.30. The number of hydrogen-bond donors (Lipinski definition) is 1. The molecular weight excluding hydrogens is 246 g/mol. The summed E-state index contributed by atoms with van der Waals surface area (Å²) in [5.41, 5.74) is 0.226. The highest BCUT2D eigenvalue weighted by Crippen LogP contribution is 2.21. The number of nitrogens with zero attached hydrogens (tertiary/aromatic N) is 1. The monoisotopic (exact) mass is 251 g/mol. The summed E-state index contributed by atoms with van der Waals surface area (Å²) in [5.74, 6) is -0.957. The van der Waals surface area contributed by atoms with E-state index in [0.717, 1.165) is 9.86 Å². The van der Waals surface area contributed by atoms with Crippen molar-refractivity contribution in [2.24, 2.45) is 0 Å². The number of benzene rings is 1. The maximum Gasteiger partial charge on any atom is 0.337 e. The number of fused-ring (bicyclic) bond motifs is 1. The van der Waals surface area contributed by atoms with Gasteiger partial charge in [0.2, 0.25) is 0 Å². The Kier molecular flexibility index (Phi) is 2.21. The van der Waals surface area contributed by atoms with E-state index in [1.54, 1.807) is 12.3 Å². The average molecular weight is 252 g/mol. The molecule has 0 spiro atoms. The van der Waals surface area contributed by atoms with Gasteiger partial charge in [-0.3, -0.25) is 4.98 Å². The van der Waals surface area contributed by atoms with Gasteiger partial charge < -0.3 is 5.11 Å². The van der Waals surface area contributed by atoms with Gasteiger partial charge in [-0.05, 0) is 12.1 Å². The van der Waals surface area contributed by atoms with Crippen LogP contribution in [-0.2, 0) is 0 Å². The second-order valence-electron chi connectivity index (χ2n) is 2.86. The van der Waals surface area contributed by atoms with E-state index in [1.165, 1.54) is 6.20 Å². The first-order valence-corrected chi connectivity index (χ1v) is 4.74. The normalized spacial score (nSPS) is 10.4. The fourth-order valence-corrected chi connectivity index (χ4v) is 1.67. The third-order valence-corrected chi connectivity index (χ3v) is 2.45. The first-order valence-electron chi connectivity index (χ1n) is 3.95. The van der Waals surface area contributed by atoms with Crippen molar-refractivity contribution in [2.75, 3.05) is 0 Å². The van der Waals surface area contributed by atoms with Crippen molar-refractivity contribution in [3.63, 3.8) is 0 Å². The molecule has 0 radical (unpaired) electrons. The van der Waals surface area contributed by atoms with Crippen molar-refractivity contribution < 1.29 is 9.90 Å². The van der Waals surface area contributed by atoms with Gasteiger partial charge in [0.15, 0.2) is 0 Å². The van der Waals surface area contributed by atoms with Crippen LogP contribution in [0.4, 0.5) is 0 Å². The third-order valence-electron chi connectivity index (χ3n) is 1.95. The first-order chi connectivity index (χ1) is 6.68. The molecule has 1 aromatic heterocycles. The number of aromatic nitrogens is 1. The zero-order valence-corrected chi connectivity index (χ0v) is 8.65. The maximum absolute atomic E-state index is 10.9. The lowest BCUT2D eigenvalue weighted by Crippen LogP contribution is -1.98. The Labute approximate surface area is 88.5 Å². The Morgan fingerprint density at radius 3 is 2.86 bits per heavy atom. The molecule has 0 atom stereocenters. The largest absolute Gasteiger partial charge is 0.478 e. The quantitative estimate of drug-likeness (QED) is 0.848. The van der Waals surface area contributed by atoms with Gasteiger partial charge in [0.05, 0.1) is 5.56 Å². The van der Waals surface area contributed by atoms with Crippen LogP contribution in [-0.4, -0.2) is 16.1 Å². The van der Waals surface area contributed by atoms with Crippen LogP contribution in [0, 0.1) is 0 Å². The molecule has 0 bridgehead atoms. The fourth-order valence-electron chi connectivity index (χ4n) is 1.31. The van der Waals surface area contributed by atoms with Crippen LogP contribution in [0.15, 0.2) is 35.1 Å². The Hall–Kier alpha value is -1.42. The smallest absolute Gasteiger partial charge is 0.337 e. The number of carboxylic acids is 1. The number of carboxylic acid groups (broad SMARTS) is 1. The van der Waals surface area contributed by atoms with E-state index in [4.69, 9.17) is 5.11 Å². The van der Waals surface area contributed by atoms with E-state index >= 15 is 0 Å². The Balaban J connectivity index is 2.84. The highest BCUT2D eigenvalue weighted by Gasteiger charge is 2.08. The molecule has 3 nitrogen and oxygen atoms in total. The molecule has 0 unspecified atom stereocenters. The molecule has 2 rings (SSSR count). The average Bonchev–Trinajstić information content (AvgIpc) is 2.16. The predicted octanol–water partition coefficient (Wildman–Crippen LogP) is 2.70. The summed E-state index contributed by atoms with van der Waals surface area (Å²) in [6.45, 7) is 0. The lowest BCUT2D eigenvalue weighted by molar-refractivity contribution is 0.0698. The van der Waals surface area contributed by atoms with Crippen molar-refractivity contribution in [3.8, 4) is 0 Å². The van der Waals surface area contributed by atoms with Gasteiger partial charge in [-0.2, -0.15) is 0 Å². The zero-order valence-electron chi connectivity index (χ0n) is 7.07. The molecule has 0 aliphatic heterocycles. The molecule has 70 valence electrons. The number of carbonyl (C=O) groups is 1. The Morgan fingerprint density at radius 1 is 1.36 bits per heavy atom. The number of halogens is 1. The van der Waals surface area contributed by atoms with Crippen molar-refractivity contribution in [1.29, 1.82) is 0 Å². The van der Waals surface area contributed by atoms with E-state index in [9.17, 15) is 4.79 Å². The topological polar surface area (TPSA) is 50.2 Å². The number of aromatic carboxylic acids is 1. The minimum Gasteiger partial charge on any atom is -0.478 e. The van der Waals surface area contributed by atoms with Crippen LogP contribution in [0.1, 0.15) is 10.4 Å². The molecule has 0 saturated heterocycles. The molecule has 0 saturated carbocycles. The molecular formula is C10H6BrNO2. The van der Waals surface area contributed by atoms with Crippen molar-refractivity contribution in [3.05, 3.63) is 40.6 Å². The summed E-state index contributed by atoms with van der Waals surface area (Å²) < 4.78 is 0.860. The summed E-state index contributed by atoms with van der Waals surface area (Å²) in [7, 11) is 0. The second kappa shape index (κ2) is 3.38. The van der Waals surface area contributed by atoms with Crippen LogP contribution < -0.4 is 0 Å². The lowest BCUT2D eigenvalue weighted by Gasteiger charge is -2.01. The standard InChI is InChI=1S/C10H6BrNO2/c11-7-2-1-6-4-12-5-9(10(13)14)8(6)3-7/h1-5H,(H,13,14). The minimum atomic E-state index is -0.957. The molecule has 1 N–H and O–H groups in total. The fraction of sp³-hybridized carbons (Fsp3) is 0. The molecule has 2 aromatic rings. The Morgan fingerprint density at radius 2 is 2.14 bits per heavy atom. The summed E-state index contributed by atoms with van der Waals surface area (Å²) in [6.07, 6.45) is 3.01. The number of hydrogen-bond acceptors (Lipinski definition) is 2. The van der Waals surface area contributed by atoms with Gasteiger partial charge in [-0.15, -0.1) is 0 Å². The van der Waals surface area contributed by atoms with Crippen LogP contribution in [0.3, 0.4) is 0 Å². The third kappa shape index (κ3) is 1.48. The van der Waals surface area contributed by atoms with Crippen molar-refractivity contribution >= 4 is 32.7 Å². The zero-order chi connectivity index (χ0) is 10.1. The van der Waals surface area contributed by atoms with Gasteiger partial charge in [0.1, 0.15) is 0 Å². The van der Waals surface area contributed by atoms with Crippen molar-refractivity contribution in [1.82, 2.24) is 4.98 Å². The van der Waals surface area contributed by atoms with E-state index in [2.05, 4.69) is 20.9 Å². The molecule has 14 heavy (non-hydrogen) atoms. The van der Waals surface area contributed by atoms with E-state index < -0.39 is 5.97 Å². The molecule has 0 fully saturated rings. The van der Waals surface area contributed by atoms with Crippen LogP contribution >= 0.6 is 15.9 Å². The molecule has 0 aliphatic rings. The van der Waals surface area contributed by atoms with E-state index in [-0.39, 0.29) is 5.56 Å². The van der Waals surface area contributed by atoms with Crippen LogP contribution in [0.2, 0.25) is 0 Å². The molecule has 1 heterocycles. The van der Waals surface area contributed by atoms with Gasteiger partial charge in [-0.25, -0.2) is 4.79 Å². The molecule has 0 amide bonds. The van der Waals surface area contributed by atoms with Gasteiger partial charge in [0.25, 0.3) is 0 Å². The highest BCUT2D eigenvalue weighted by atomic mass is 79.9. The Bertz CT molecular complexity index is 510. The molecule has 0 aliphatic carbocycles. The summed E-state index contributed by atoms with van der Waals surface area (Å²) in [6, 6.07) is 5.47. The van der Waals surface area contributed by atoms with Crippen LogP contribution in [0.25, 0.3) is 10.8 Å². The minimum absolute atomic E-state index is 0.226. The summed E-state index contributed by atoms with van der Waals surface area (Å²) in [5, 5.41) is 10.4. The first kappa shape index (κ1) is 9.15. The van der Waals surface area contributed by atoms with Crippen LogP contribution in [0.5, 0.6) is 0 Å². The highest BCUT2D eigenvalue weighted by molar-refractivity contribution is 9.10. The predicted molar refractivity (Wildman–Crippen MR) is 56.4 cm³/mol. The number of rotatable bonds is 1. The SMILES string of the molecule is O=C(O)c1cncc2ccc(Br)cc12. The van der Waals surface area contributed by atoms with Crippen molar-refractivity contribution in [2.45, 2.75) is 0 Å². The lowest BCUT2D eigenvalue weighted by atomic mass is 10.1. The molecule has 1 aromatic carbocycles. The van der Waals surface area contributed by atoms with E-state index in [1.807, 2.05) is 12.1 Å².